The van der Waals surface area contributed by atoms with Crippen LogP contribution in [0.25, 0.3) is 11.2 Å². The Morgan fingerprint density at radius 3 is 2.77 bits per heavy atom. The van der Waals surface area contributed by atoms with E-state index in [0.29, 0.717) is 23.3 Å². The van der Waals surface area contributed by atoms with E-state index in [2.05, 4.69) is 24.8 Å². The number of aliphatic hydroxyl groups excluding tert-OH is 2. The van der Waals surface area contributed by atoms with Gasteiger partial charge in [0.2, 0.25) is 0 Å². The minimum Gasteiger partial charge on any atom is -0.504 e. The van der Waals surface area contributed by atoms with Gasteiger partial charge in [-0.1, -0.05) is 6.07 Å². The number of nitrogens with zero attached hydrogens (tertiary/aromatic N) is 4. The number of hydrogen-bond acceptors (Lipinski definition) is 13. The van der Waals surface area contributed by atoms with Crippen LogP contribution in [0.5, 0.6) is 11.5 Å². The number of ether oxygens (including phenoxy) is 1. The largest absolute Gasteiger partial charge is 0.504 e. The Bertz CT molecular complexity index is 1240. The van der Waals surface area contributed by atoms with E-state index in [9.17, 15) is 19.7 Å². The minimum absolute atomic E-state index is 0.157. The summed E-state index contributed by atoms with van der Waals surface area (Å²) >= 11 is 0. The van der Waals surface area contributed by atoms with Crippen molar-refractivity contribution in [3.05, 3.63) is 36.4 Å². The van der Waals surface area contributed by atoms with Gasteiger partial charge < -0.3 is 41.1 Å². The Kier molecular flexibility index (Phi) is 7.21. The number of fused-ring (bicyclic) bond motifs is 2. The summed E-state index contributed by atoms with van der Waals surface area (Å²) in [7, 11) is -2.44. The number of phosphoric ester groups is 1. The van der Waals surface area contributed by atoms with Gasteiger partial charge in [-0.05, 0) is 24.7 Å². The van der Waals surface area contributed by atoms with Crippen LogP contribution in [0.15, 0.2) is 30.9 Å². The summed E-state index contributed by atoms with van der Waals surface area (Å²) in [5.41, 5.74) is 7.04. The molecular weight excluding hydrogens is 487 g/mol. The van der Waals surface area contributed by atoms with Crippen molar-refractivity contribution in [1.29, 1.82) is 0 Å². The standard InChI is InChI=1S/C10H12N5O6P.C9H13NO3/c11-8-5-9(13-2-12-8)15(3-14-5)10-6(16)7-4(20-10)1-19-22(17,18)21-7;1-10-5-9(13)6-2-3-7(11)8(12)4-6/h2-4,6-7,10,16H,1H2,(H,17,18)(H2,11,12,13);2-4,9-13H,5H2,1H3/t4-,6-,7-,10-;9-/m10/s1. The fourth-order valence-electron chi connectivity index (χ4n) is 3.68. The average molecular weight is 512 g/mol. The van der Waals surface area contributed by atoms with Crippen LogP contribution >= 0.6 is 7.82 Å². The topological polar surface area (TPSA) is 228 Å². The number of aromatic nitrogens is 4. The molecule has 2 aromatic heterocycles. The number of phosphoric acid groups is 1. The first kappa shape index (κ1) is 25.2. The summed E-state index contributed by atoms with van der Waals surface area (Å²) in [6.45, 7) is 0.250. The molecule has 15 nitrogen and oxygen atoms in total. The fourth-order valence-corrected chi connectivity index (χ4v) is 4.65. The highest BCUT2D eigenvalue weighted by atomic mass is 31.2. The van der Waals surface area contributed by atoms with E-state index in [1.165, 1.54) is 29.4 Å². The summed E-state index contributed by atoms with van der Waals surface area (Å²) in [4.78, 5) is 21.3. The Morgan fingerprint density at radius 2 is 2.06 bits per heavy atom. The zero-order valence-corrected chi connectivity index (χ0v) is 19.3. The lowest BCUT2D eigenvalue weighted by molar-refractivity contribution is -0.0664. The number of nitrogens with two attached hydrogens (primary N) is 1. The normalized spacial score (nSPS) is 28.8. The van der Waals surface area contributed by atoms with Crippen LogP contribution in [0.1, 0.15) is 17.9 Å². The van der Waals surface area contributed by atoms with Crippen molar-refractivity contribution < 1.29 is 43.7 Å². The molecule has 0 bridgehead atoms. The van der Waals surface area contributed by atoms with Crippen LogP contribution in [0.3, 0.4) is 0 Å². The Hall–Kier alpha value is -2.88. The number of phenols is 2. The van der Waals surface area contributed by atoms with Gasteiger partial charge in [0.25, 0.3) is 0 Å². The maximum Gasteiger partial charge on any atom is 0.472 e. The maximum atomic E-state index is 11.5. The maximum absolute atomic E-state index is 11.5. The van der Waals surface area contributed by atoms with E-state index in [0.717, 1.165) is 0 Å². The number of hydrogen-bond donors (Lipinski definition) is 7. The molecule has 190 valence electrons. The van der Waals surface area contributed by atoms with Crippen molar-refractivity contribution in [3.63, 3.8) is 0 Å². The predicted octanol–water partition coefficient (Wildman–Crippen LogP) is -0.467. The van der Waals surface area contributed by atoms with E-state index >= 15 is 0 Å². The number of aromatic hydroxyl groups is 2. The Labute approximate surface area is 198 Å². The average Bonchev–Trinajstić information content (AvgIpc) is 3.37. The molecule has 0 radical (unpaired) electrons. The van der Waals surface area contributed by atoms with Crippen LogP contribution in [0.4, 0.5) is 5.82 Å². The number of anilines is 1. The van der Waals surface area contributed by atoms with E-state index in [1.54, 1.807) is 13.1 Å². The molecule has 2 aliphatic rings. The van der Waals surface area contributed by atoms with Crippen LogP contribution in [0.2, 0.25) is 0 Å². The molecule has 5 rings (SSSR count). The molecule has 2 saturated heterocycles. The molecule has 2 aliphatic heterocycles. The Balaban J connectivity index is 0.000000191. The molecule has 1 aromatic carbocycles. The molecule has 1 unspecified atom stereocenters. The van der Waals surface area contributed by atoms with E-state index < -0.39 is 38.5 Å². The highest BCUT2D eigenvalue weighted by Crippen LogP contribution is 2.52. The van der Waals surface area contributed by atoms with Crippen molar-refractivity contribution in [2.75, 3.05) is 25.9 Å². The number of rotatable bonds is 4. The van der Waals surface area contributed by atoms with Gasteiger partial charge in [0, 0.05) is 6.54 Å². The van der Waals surface area contributed by atoms with Crippen molar-refractivity contribution in [3.8, 4) is 11.5 Å². The number of phenolic OH excluding ortho intramolecular Hbond substituents is 2. The first-order chi connectivity index (χ1) is 16.6. The molecule has 0 aliphatic carbocycles. The smallest absolute Gasteiger partial charge is 0.472 e. The van der Waals surface area contributed by atoms with Gasteiger partial charge in [0.05, 0.1) is 19.0 Å². The number of nitrogens with one attached hydrogen (secondary N) is 1. The quantitative estimate of drug-likeness (QED) is 0.173. The van der Waals surface area contributed by atoms with Crippen LogP contribution in [-0.2, 0) is 18.3 Å². The fraction of sp³-hybridized carbons (Fsp3) is 0.421. The summed E-state index contributed by atoms with van der Waals surface area (Å²) < 4.78 is 28.2. The van der Waals surface area contributed by atoms with E-state index in [-0.39, 0.29) is 23.9 Å². The highest BCUT2D eigenvalue weighted by Gasteiger charge is 2.52. The third kappa shape index (κ3) is 5.22. The molecular formula is C19H25N6O9P. The van der Waals surface area contributed by atoms with Crippen molar-refractivity contribution in [2.24, 2.45) is 0 Å². The SMILES string of the molecule is CNC[C@H](O)c1ccc(O)c(O)c1.Nc1ncnc2c1ncn2[C@@H]1O[C@@H]2COP(=O)(O)O[C@H]2[C@H]1O. The number of benzene rings is 1. The van der Waals surface area contributed by atoms with E-state index in [4.69, 9.17) is 25.2 Å². The van der Waals surface area contributed by atoms with Crippen LogP contribution in [0, 0.1) is 0 Å². The lowest BCUT2D eigenvalue weighted by atomic mass is 10.1. The second-order valence-electron chi connectivity index (χ2n) is 7.79. The predicted molar refractivity (Wildman–Crippen MR) is 119 cm³/mol. The van der Waals surface area contributed by atoms with E-state index in [1.807, 2.05) is 0 Å². The van der Waals surface area contributed by atoms with Gasteiger partial charge in [-0.25, -0.2) is 19.5 Å². The summed E-state index contributed by atoms with van der Waals surface area (Å²) in [5.74, 6) is -0.193. The van der Waals surface area contributed by atoms with Crippen molar-refractivity contribution in [1.82, 2.24) is 24.8 Å². The van der Waals surface area contributed by atoms with Crippen LogP contribution in [-0.4, -0.2) is 83.3 Å². The molecule has 6 atom stereocenters. The number of aliphatic hydroxyl groups is 2. The number of imidazole rings is 1. The minimum atomic E-state index is -4.16. The third-order valence-electron chi connectivity index (χ3n) is 5.41. The van der Waals surface area contributed by atoms with Gasteiger partial charge in [0.15, 0.2) is 29.2 Å². The molecule has 2 fully saturated rings. The third-order valence-corrected chi connectivity index (χ3v) is 6.39. The first-order valence-corrected chi connectivity index (χ1v) is 11.9. The second-order valence-corrected chi connectivity index (χ2v) is 9.20. The molecule has 3 aromatic rings. The summed E-state index contributed by atoms with van der Waals surface area (Å²) in [6.07, 6.45) is -1.74. The lowest BCUT2D eigenvalue weighted by Crippen LogP contribution is -2.39. The van der Waals surface area contributed by atoms with Gasteiger partial charge in [-0.3, -0.25) is 13.6 Å². The molecule has 0 saturated carbocycles. The molecule has 0 spiro atoms. The monoisotopic (exact) mass is 512 g/mol. The van der Waals surface area contributed by atoms with Crippen molar-refractivity contribution >= 4 is 24.8 Å². The molecule has 0 amide bonds. The second kappa shape index (κ2) is 10.0. The molecule has 4 heterocycles. The van der Waals surface area contributed by atoms with Crippen molar-refractivity contribution in [2.45, 2.75) is 30.6 Å². The number of likely N-dealkylation sites (N-methyl/N-ethyl adjacent to an activating group) is 1. The van der Waals surface area contributed by atoms with Gasteiger partial charge in [-0.15, -0.1) is 0 Å². The summed E-state index contributed by atoms with van der Waals surface area (Å²) in [5, 5.41) is 40.8. The summed E-state index contributed by atoms with van der Waals surface area (Å²) in [6, 6.07) is 4.26. The Morgan fingerprint density at radius 1 is 1.29 bits per heavy atom. The molecule has 8 N–H and O–H groups in total. The van der Waals surface area contributed by atoms with Gasteiger partial charge in [-0.2, -0.15) is 0 Å². The van der Waals surface area contributed by atoms with Gasteiger partial charge in [0.1, 0.15) is 30.2 Å². The highest BCUT2D eigenvalue weighted by molar-refractivity contribution is 7.47. The molecule has 35 heavy (non-hydrogen) atoms. The lowest BCUT2D eigenvalue weighted by Gasteiger charge is -2.27. The zero-order valence-electron chi connectivity index (χ0n) is 18.4. The zero-order chi connectivity index (χ0) is 25.3. The first-order valence-electron chi connectivity index (χ1n) is 10.4. The van der Waals surface area contributed by atoms with Gasteiger partial charge >= 0.3 is 7.82 Å². The molecule has 16 heteroatoms. The van der Waals surface area contributed by atoms with Crippen LogP contribution < -0.4 is 11.1 Å². The number of nitrogen functional groups attached to an aromatic ring is 1.